The van der Waals surface area contributed by atoms with Crippen molar-refractivity contribution >= 4 is 11.9 Å². The Morgan fingerprint density at radius 1 is 1.20 bits per heavy atom. The maximum Gasteiger partial charge on any atom is 0.327 e. The van der Waals surface area contributed by atoms with Gasteiger partial charge in [0.25, 0.3) is 5.91 Å². The van der Waals surface area contributed by atoms with Crippen LogP contribution in [0.1, 0.15) is 31.2 Å². The smallest absolute Gasteiger partial charge is 0.327 e. The fraction of sp³-hybridized carbons (Fsp3) is 0.579. The van der Waals surface area contributed by atoms with Crippen LogP contribution in [0.3, 0.4) is 0 Å². The largest absolute Gasteiger partial charge is 0.496 e. The van der Waals surface area contributed by atoms with Crippen LogP contribution in [0, 0.1) is 0 Å². The molecule has 0 bridgehead atoms. The second-order valence-electron chi connectivity index (χ2n) is 6.64. The number of rotatable bonds is 9. The monoisotopic (exact) mass is 345 g/mol. The summed E-state index contributed by atoms with van der Waals surface area (Å²) in [6.07, 6.45) is 4.56. The highest BCUT2D eigenvalue weighted by Crippen LogP contribution is 2.27. The Hall–Kier alpha value is -2.08. The molecule has 1 unspecified atom stereocenters. The number of hydrogen-bond acceptors (Lipinski definition) is 4. The number of carbonyl (C=O) groups is 2. The summed E-state index contributed by atoms with van der Waals surface area (Å²) in [5.74, 6) is 0.938. The molecule has 0 saturated carbocycles. The molecule has 2 aliphatic heterocycles. The van der Waals surface area contributed by atoms with Gasteiger partial charge in [-0.15, -0.1) is 0 Å². The predicted octanol–water partition coefficient (Wildman–Crippen LogP) is 2.03. The zero-order chi connectivity index (χ0) is 17.6. The number of methoxy groups -OCH3 is 1. The van der Waals surface area contributed by atoms with E-state index in [9.17, 15) is 9.59 Å². The van der Waals surface area contributed by atoms with Gasteiger partial charge < -0.3 is 15.0 Å². The molecule has 0 aromatic heterocycles. The number of benzene rings is 1. The van der Waals surface area contributed by atoms with Crippen molar-refractivity contribution in [2.75, 3.05) is 33.3 Å². The maximum atomic E-state index is 12.2. The van der Waals surface area contributed by atoms with E-state index < -0.39 is 0 Å². The molecule has 2 fully saturated rings. The summed E-state index contributed by atoms with van der Waals surface area (Å²) in [4.78, 5) is 27.5. The number of para-hydroxylation sites is 1. The van der Waals surface area contributed by atoms with E-state index in [1.807, 2.05) is 18.2 Å². The van der Waals surface area contributed by atoms with E-state index in [-0.39, 0.29) is 18.0 Å². The van der Waals surface area contributed by atoms with Gasteiger partial charge in [-0.1, -0.05) is 18.2 Å². The summed E-state index contributed by atoms with van der Waals surface area (Å²) in [5.41, 5.74) is 1.22. The molecule has 2 saturated heterocycles. The second-order valence-corrected chi connectivity index (χ2v) is 6.64. The van der Waals surface area contributed by atoms with Gasteiger partial charge in [0, 0.05) is 13.1 Å². The number of fused-ring (bicyclic) bond motifs is 1. The number of aryl methyl sites for hydroxylation is 1. The van der Waals surface area contributed by atoms with Crippen LogP contribution in [0.4, 0.5) is 4.79 Å². The molecule has 25 heavy (non-hydrogen) atoms. The van der Waals surface area contributed by atoms with Crippen LogP contribution < -0.4 is 10.1 Å². The quantitative estimate of drug-likeness (QED) is 0.549. The highest BCUT2D eigenvalue weighted by molar-refractivity contribution is 6.04. The first-order valence-corrected chi connectivity index (χ1v) is 9.17. The molecule has 2 aliphatic rings. The molecule has 1 atom stereocenters. The molecular weight excluding hydrogens is 318 g/mol. The van der Waals surface area contributed by atoms with Crippen molar-refractivity contribution in [2.45, 2.75) is 38.1 Å². The van der Waals surface area contributed by atoms with Gasteiger partial charge in [-0.3, -0.25) is 9.69 Å². The van der Waals surface area contributed by atoms with E-state index in [0.29, 0.717) is 6.54 Å². The Morgan fingerprint density at radius 2 is 2.00 bits per heavy atom. The van der Waals surface area contributed by atoms with E-state index in [2.05, 4.69) is 11.4 Å². The van der Waals surface area contributed by atoms with Crippen LogP contribution >= 0.6 is 0 Å². The molecule has 6 nitrogen and oxygen atoms in total. The summed E-state index contributed by atoms with van der Waals surface area (Å²) in [6.45, 7) is 2.97. The molecule has 1 N–H and O–H groups in total. The third-order valence-electron chi connectivity index (χ3n) is 5.01. The first-order chi connectivity index (χ1) is 12.2. The summed E-state index contributed by atoms with van der Waals surface area (Å²) in [7, 11) is 1.70. The molecule has 3 amide bonds. The van der Waals surface area contributed by atoms with Gasteiger partial charge in [-0.2, -0.15) is 0 Å². The lowest BCUT2D eigenvalue weighted by Gasteiger charge is -2.15. The topological polar surface area (TPSA) is 61.9 Å². The van der Waals surface area contributed by atoms with Crippen molar-refractivity contribution in [2.24, 2.45) is 0 Å². The third kappa shape index (κ3) is 3.95. The summed E-state index contributed by atoms with van der Waals surface area (Å²) in [5, 5.41) is 3.39. The molecule has 0 aliphatic carbocycles. The van der Waals surface area contributed by atoms with E-state index in [4.69, 9.17) is 4.74 Å². The van der Waals surface area contributed by atoms with E-state index in [1.165, 1.54) is 10.5 Å². The van der Waals surface area contributed by atoms with Gasteiger partial charge >= 0.3 is 6.03 Å². The zero-order valence-corrected chi connectivity index (χ0v) is 14.9. The second kappa shape index (κ2) is 8.34. The normalized spacial score (nSPS) is 19.6. The van der Waals surface area contributed by atoms with Crippen molar-refractivity contribution in [3.05, 3.63) is 29.8 Å². The van der Waals surface area contributed by atoms with Gasteiger partial charge in [-0.05, 0) is 56.8 Å². The van der Waals surface area contributed by atoms with Crippen LogP contribution in [0.25, 0.3) is 0 Å². The first kappa shape index (κ1) is 17.7. The SMILES string of the molecule is COc1ccccc1CCCNCCCN1C(=O)C2CCCN2C1=O. The van der Waals surface area contributed by atoms with Crippen molar-refractivity contribution in [1.29, 1.82) is 0 Å². The number of nitrogens with zero attached hydrogens (tertiary/aromatic N) is 2. The van der Waals surface area contributed by atoms with Gasteiger partial charge in [0.15, 0.2) is 0 Å². The zero-order valence-electron chi connectivity index (χ0n) is 14.9. The van der Waals surface area contributed by atoms with Gasteiger partial charge in [-0.25, -0.2) is 4.79 Å². The van der Waals surface area contributed by atoms with Crippen LogP contribution in [-0.2, 0) is 11.2 Å². The Bertz CT molecular complexity index is 598. The number of nitrogens with one attached hydrogen (secondary N) is 1. The number of hydrogen-bond donors (Lipinski definition) is 1. The number of carbonyl (C=O) groups excluding carboxylic acids is 2. The fourth-order valence-electron chi connectivity index (χ4n) is 3.69. The minimum atomic E-state index is -0.179. The van der Waals surface area contributed by atoms with Crippen molar-refractivity contribution in [3.8, 4) is 5.75 Å². The molecule has 0 radical (unpaired) electrons. The van der Waals surface area contributed by atoms with Crippen molar-refractivity contribution in [1.82, 2.24) is 15.1 Å². The summed E-state index contributed by atoms with van der Waals surface area (Å²) in [6, 6.07) is 7.81. The lowest BCUT2D eigenvalue weighted by atomic mass is 10.1. The molecule has 3 rings (SSSR count). The van der Waals surface area contributed by atoms with E-state index >= 15 is 0 Å². The molecule has 0 spiro atoms. The molecular formula is C19H27N3O3. The van der Waals surface area contributed by atoms with Gasteiger partial charge in [0.2, 0.25) is 0 Å². The van der Waals surface area contributed by atoms with Crippen LogP contribution in [0.5, 0.6) is 5.75 Å². The number of ether oxygens (including phenoxy) is 1. The predicted molar refractivity (Wildman–Crippen MR) is 95.6 cm³/mol. The minimum Gasteiger partial charge on any atom is -0.496 e. The molecule has 136 valence electrons. The summed E-state index contributed by atoms with van der Waals surface area (Å²) >= 11 is 0. The Labute approximate surface area is 149 Å². The van der Waals surface area contributed by atoms with Crippen molar-refractivity contribution in [3.63, 3.8) is 0 Å². The lowest BCUT2D eigenvalue weighted by Crippen LogP contribution is -2.35. The Kier molecular flexibility index (Phi) is 5.91. The van der Waals surface area contributed by atoms with Crippen LogP contribution in [0.15, 0.2) is 24.3 Å². The maximum absolute atomic E-state index is 12.2. The average molecular weight is 345 g/mol. The van der Waals surface area contributed by atoms with Crippen molar-refractivity contribution < 1.29 is 14.3 Å². The third-order valence-corrected chi connectivity index (χ3v) is 5.01. The van der Waals surface area contributed by atoms with E-state index in [0.717, 1.165) is 57.5 Å². The average Bonchev–Trinajstić information content (AvgIpc) is 3.20. The fourth-order valence-corrected chi connectivity index (χ4v) is 3.69. The number of imide groups is 1. The lowest BCUT2D eigenvalue weighted by molar-refractivity contribution is -0.128. The van der Waals surface area contributed by atoms with Gasteiger partial charge in [0.05, 0.1) is 7.11 Å². The highest BCUT2D eigenvalue weighted by atomic mass is 16.5. The highest BCUT2D eigenvalue weighted by Gasteiger charge is 2.46. The molecule has 1 aromatic carbocycles. The first-order valence-electron chi connectivity index (χ1n) is 9.17. The standard InChI is InChI=1S/C19H27N3O3/c1-25-17-10-3-2-7-15(17)8-4-11-20-12-6-14-22-18(23)16-9-5-13-21(16)19(22)24/h2-3,7,10,16,20H,4-6,8-9,11-14H2,1H3. The Balaban J connectivity index is 1.31. The Morgan fingerprint density at radius 3 is 2.80 bits per heavy atom. The minimum absolute atomic E-state index is 0.00123. The number of amides is 3. The molecule has 1 aromatic rings. The molecule has 2 heterocycles. The molecule has 6 heteroatoms. The van der Waals surface area contributed by atoms with E-state index in [1.54, 1.807) is 12.0 Å². The number of urea groups is 1. The summed E-state index contributed by atoms with van der Waals surface area (Å²) < 4.78 is 5.36. The van der Waals surface area contributed by atoms with Crippen LogP contribution in [-0.4, -0.2) is 61.1 Å². The van der Waals surface area contributed by atoms with Gasteiger partial charge in [0.1, 0.15) is 11.8 Å². The van der Waals surface area contributed by atoms with Crippen LogP contribution in [0.2, 0.25) is 0 Å².